The van der Waals surface area contributed by atoms with Crippen LogP contribution in [-0.2, 0) is 4.79 Å². The molecule has 4 heteroatoms. The quantitative estimate of drug-likeness (QED) is 0.815. The summed E-state index contributed by atoms with van der Waals surface area (Å²) in [5.41, 5.74) is 5.53. The summed E-state index contributed by atoms with van der Waals surface area (Å²) >= 11 is 0. The van der Waals surface area contributed by atoms with E-state index in [1.807, 2.05) is 0 Å². The van der Waals surface area contributed by atoms with Crippen molar-refractivity contribution in [1.82, 2.24) is 9.80 Å². The van der Waals surface area contributed by atoms with E-state index in [4.69, 9.17) is 5.73 Å². The van der Waals surface area contributed by atoms with Gasteiger partial charge in [-0.1, -0.05) is 19.3 Å². The predicted molar refractivity (Wildman–Crippen MR) is 73.3 cm³/mol. The van der Waals surface area contributed by atoms with Gasteiger partial charge in [-0.15, -0.1) is 0 Å². The van der Waals surface area contributed by atoms with E-state index in [-0.39, 0.29) is 0 Å². The first-order chi connectivity index (χ1) is 8.81. The second-order valence-electron chi connectivity index (χ2n) is 5.64. The summed E-state index contributed by atoms with van der Waals surface area (Å²) in [6.07, 6.45) is 7.10. The zero-order chi connectivity index (χ0) is 12.8. The molecule has 104 valence electrons. The first kappa shape index (κ1) is 13.8. The highest BCUT2D eigenvalue weighted by Gasteiger charge is 2.28. The molecule has 2 fully saturated rings. The summed E-state index contributed by atoms with van der Waals surface area (Å²) in [5.74, 6) is 0.752. The predicted octanol–water partition coefficient (Wildman–Crippen LogP) is 1.06. The number of nitrogens with two attached hydrogens (primary N) is 1. The van der Waals surface area contributed by atoms with Gasteiger partial charge in [0.25, 0.3) is 0 Å². The van der Waals surface area contributed by atoms with Crippen LogP contribution in [0.15, 0.2) is 0 Å². The van der Waals surface area contributed by atoms with Gasteiger partial charge in [-0.05, 0) is 32.4 Å². The van der Waals surface area contributed by atoms with Crippen LogP contribution in [-0.4, -0.2) is 55.0 Å². The van der Waals surface area contributed by atoms with Crippen molar-refractivity contribution in [3.05, 3.63) is 0 Å². The van der Waals surface area contributed by atoms with E-state index < -0.39 is 0 Å². The van der Waals surface area contributed by atoms with Gasteiger partial charge in [0.2, 0.25) is 5.91 Å². The van der Waals surface area contributed by atoms with Gasteiger partial charge in [0.05, 0.1) is 0 Å². The number of carbonyl (C=O) groups excluding carboxylic acids is 1. The van der Waals surface area contributed by atoms with E-state index in [2.05, 4.69) is 9.80 Å². The minimum absolute atomic E-state index is 0.328. The molecule has 1 amide bonds. The third-order valence-corrected chi connectivity index (χ3v) is 4.32. The van der Waals surface area contributed by atoms with E-state index in [0.717, 1.165) is 58.5 Å². The Balaban J connectivity index is 1.73. The first-order valence-electron chi connectivity index (χ1n) is 7.52. The lowest BCUT2D eigenvalue weighted by atomic mass is 9.88. The zero-order valence-electron chi connectivity index (χ0n) is 11.4. The van der Waals surface area contributed by atoms with Crippen LogP contribution in [0.1, 0.15) is 38.5 Å². The monoisotopic (exact) mass is 253 g/mol. The van der Waals surface area contributed by atoms with E-state index in [9.17, 15) is 4.79 Å². The molecular formula is C14H27N3O. The number of amides is 1. The molecule has 1 aliphatic heterocycles. The fourth-order valence-electron chi connectivity index (χ4n) is 3.11. The molecule has 2 N–H and O–H groups in total. The summed E-state index contributed by atoms with van der Waals surface area (Å²) in [5, 5.41) is 0. The highest BCUT2D eigenvalue weighted by Crippen LogP contribution is 2.25. The number of hydrogen-bond donors (Lipinski definition) is 1. The third-order valence-electron chi connectivity index (χ3n) is 4.32. The average Bonchev–Trinajstić information content (AvgIpc) is 2.46. The van der Waals surface area contributed by atoms with Crippen molar-refractivity contribution in [3.63, 3.8) is 0 Å². The molecule has 2 aliphatic rings. The van der Waals surface area contributed by atoms with Crippen LogP contribution in [0, 0.1) is 5.92 Å². The number of hydrogen-bond acceptors (Lipinski definition) is 3. The Labute approximate surface area is 110 Å². The Morgan fingerprint density at radius 3 is 2.33 bits per heavy atom. The summed E-state index contributed by atoms with van der Waals surface area (Å²) in [4.78, 5) is 16.9. The van der Waals surface area contributed by atoms with Gasteiger partial charge in [-0.25, -0.2) is 0 Å². The SMILES string of the molecule is NCCCN1CCN(C(=O)C2CCCCC2)CC1. The molecule has 1 heterocycles. The highest BCUT2D eigenvalue weighted by atomic mass is 16.2. The summed E-state index contributed by atoms with van der Waals surface area (Å²) < 4.78 is 0. The van der Waals surface area contributed by atoms with E-state index in [1.54, 1.807) is 0 Å². The van der Waals surface area contributed by atoms with Crippen molar-refractivity contribution < 1.29 is 4.79 Å². The summed E-state index contributed by atoms with van der Waals surface area (Å²) in [6.45, 7) is 5.74. The van der Waals surface area contributed by atoms with E-state index >= 15 is 0 Å². The van der Waals surface area contributed by atoms with Crippen molar-refractivity contribution in [1.29, 1.82) is 0 Å². The number of rotatable bonds is 4. The Hall–Kier alpha value is -0.610. The smallest absolute Gasteiger partial charge is 0.225 e. The molecule has 0 radical (unpaired) electrons. The molecule has 0 aromatic heterocycles. The minimum Gasteiger partial charge on any atom is -0.340 e. The van der Waals surface area contributed by atoms with Gasteiger partial charge in [0, 0.05) is 32.1 Å². The van der Waals surface area contributed by atoms with Crippen molar-refractivity contribution >= 4 is 5.91 Å². The molecule has 2 rings (SSSR count). The Bertz CT molecular complexity index is 256. The Morgan fingerprint density at radius 1 is 1.06 bits per heavy atom. The zero-order valence-corrected chi connectivity index (χ0v) is 11.4. The lowest BCUT2D eigenvalue weighted by molar-refractivity contribution is -0.138. The van der Waals surface area contributed by atoms with Crippen LogP contribution < -0.4 is 5.73 Å². The fraction of sp³-hybridized carbons (Fsp3) is 0.929. The van der Waals surface area contributed by atoms with Gasteiger partial charge >= 0.3 is 0 Å². The van der Waals surface area contributed by atoms with E-state index in [1.165, 1.54) is 19.3 Å². The minimum atomic E-state index is 0.328. The molecular weight excluding hydrogens is 226 g/mol. The third kappa shape index (κ3) is 3.69. The van der Waals surface area contributed by atoms with Crippen molar-refractivity contribution in [2.24, 2.45) is 11.7 Å². The van der Waals surface area contributed by atoms with Crippen molar-refractivity contribution in [2.75, 3.05) is 39.3 Å². The maximum atomic E-state index is 12.4. The lowest BCUT2D eigenvalue weighted by Crippen LogP contribution is -2.50. The number of piperazine rings is 1. The van der Waals surface area contributed by atoms with E-state index in [0.29, 0.717) is 11.8 Å². The maximum absolute atomic E-state index is 12.4. The molecule has 0 bridgehead atoms. The van der Waals surface area contributed by atoms with Gasteiger partial charge in [0.1, 0.15) is 0 Å². The Morgan fingerprint density at radius 2 is 1.72 bits per heavy atom. The molecule has 0 atom stereocenters. The highest BCUT2D eigenvalue weighted by molar-refractivity contribution is 5.79. The second-order valence-corrected chi connectivity index (χ2v) is 5.64. The first-order valence-corrected chi connectivity index (χ1v) is 7.52. The van der Waals surface area contributed by atoms with Crippen molar-refractivity contribution in [2.45, 2.75) is 38.5 Å². The van der Waals surface area contributed by atoms with Gasteiger partial charge < -0.3 is 10.6 Å². The molecule has 0 aromatic carbocycles. The van der Waals surface area contributed by atoms with Crippen LogP contribution in [0.25, 0.3) is 0 Å². The Kier molecular flexibility index (Phi) is 5.45. The van der Waals surface area contributed by atoms with Crippen LogP contribution in [0.5, 0.6) is 0 Å². The lowest BCUT2D eigenvalue weighted by Gasteiger charge is -2.37. The fourth-order valence-corrected chi connectivity index (χ4v) is 3.11. The van der Waals surface area contributed by atoms with Gasteiger partial charge in [-0.2, -0.15) is 0 Å². The summed E-state index contributed by atoms with van der Waals surface area (Å²) in [6, 6.07) is 0. The van der Waals surface area contributed by atoms with Crippen LogP contribution >= 0.6 is 0 Å². The normalized spacial score (nSPS) is 23.3. The molecule has 0 unspecified atom stereocenters. The molecule has 18 heavy (non-hydrogen) atoms. The van der Waals surface area contributed by atoms with Gasteiger partial charge in [-0.3, -0.25) is 9.69 Å². The van der Waals surface area contributed by atoms with Gasteiger partial charge in [0.15, 0.2) is 0 Å². The molecule has 1 saturated carbocycles. The summed E-state index contributed by atoms with van der Waals surface area (Å²) in [7, 11) is 0. The van der Waals surface area contributed by atoms with Crippen molar-refractivity contribution in [3.8, 4) is 0 Å². The molecule has 0 aromatic rings. The van der Waals surface area contributed by atoms with Crippen LogP contribution in [0.2, 0.25) is 0 Å². The molecule has 4 nitrogen and oxygen atoms in total. The standard InChI is InChI=1S/C14H27N3O/c15-7-4-8-16-9-11-17(12-10-16)14(18)13-5-2-1-3-6-13/h13H,1-12,15H2. The topological polar surface area (TPSA) is 49.6 Å². The largest absolute Gasteiger partial charge is 0.340 e. The molecule has 1 saturated heterocycles. The van der Waals surface area contributed by atoms with Crippen LogP contribution in [0.4, 0.5) is 0 Å². The number of carbonyl (C=O) groups is 1. The molecule has 0 spiro atoms. The second kappa shape index (κ2) is 7.10. The average molecular weight is 253 g/mol. The van der Waals surface area contributed by atoms with Crippen LogP contribution in [0.3, 0.4) is 0 Å². The maximum Gasteiger partial charge on any atom is 0.225 e. The molecule has 1 aliphatic carbocycles. The number of nitrogens with zero attached hydrogens (tertiary/aromatic N) is 2.